The zero-order chi connectivity index (χ0) is 32.5. The average Bonchev–Trinajstić information content (AvgIpc) is 3.57. The fraction of sp³-hybridized carbons (Fsp3) is 0.219. The van der Waals surface area contributed by atoms with E-state index >= 15 is 13.2 Å². The van der Waals surface area contributed by atoms with E-state index in [2.05, 4.69) is 31.5 Å². The third-order valence-electron chi connectivity index (χ3n) is 8.03. The molecule has 2 aromatic heterocycles. The van der Waals surface area contributed by atoms with E-state index in [1.807, 2.05) is 17.0 Å². The largest absolute Gasteiger partial charge is 0.377 e. The number of nitriles is 1. The van der Waals surface area contributed by atoms with Crippen molar-refractivity contribution in [1.29, 1.82) is 5.26 Å². The van der Waals surface area contributed by atoms with Crippen molar-refractivity contribution in [3.05, 3.63) is 120 Å². The van der Waals surface area contributed by atoms with Gasteiger partial charge >= 0.3 is 5.92 Å². The molecule has 0 spiro atoms. The van der Waals surface area contributed by atoms with Gasteiger partial charge in [0.1, 0.15) is 29.5 Å². The Balaban J connectivity index is 1.21. The maximum Gasteiger partial charge on any atom is 0.323 e. The van der Waals surface area contributed by atoms with Crippen LogP contribution in [0.3, 0.4) is 0 Å². The summed E-state index contributed by atoms with van der Waals surface area (Å²) in [6, 6.07) is 18.1. The molecule has 9 nitrogen and oxygen atoms in total. The second kappa shape index (κ2) is 12.2. The Bertz CT molecular complexity index is 1870. The predicted octanol–water partition coefficient (Wildman–Crippen LogP) is 5.03. The Kier molecular flexibility index (Phi) is 8.09. The Morgan fingerprint density at radius 3 is 2.15 bits per heavy atom. The van der Waals surface area contributed by atoms with Gasteiger partial charge in [-0.1, -0.05) is 12.1 Å². The number of hydrogen-bond donors (Lipinski definition) is 1. The third kappa shape index (κ3) is 5.72. The summed E-state index contributed by atoms with van der Waals surface area (Å²) in [5, 5.41) is 30.6. The minimum Gasteiger partial charge on any atom is -0.377 e. The fourth-order valence-electron chi connectivity index (χ4n) is 5.52. The summed E-state index contributed by atoms with van der Waals surface area (Å²) < 4.78 is 76.6. The molecule has 0 amide bonds. The minimum absolute atomic E-state index is 0.326. The number of hydrogen-bond acceptors (Lipinski definition) is 8. The molecular weight excluding hydrogens is 607 g/mol. The lowest BCUT2D eigenvalue weighted by atomic mass is 9.84. The topological polar surface area (TPSA) is 107 Å². The molecule has 1 saturated heterocycles. The van der Waals surface area contributed by atoms with E-state index in [1.165, 1.54) is 12.1 Å². The van der Waals surface area contributed by atoms with Crippen LogP contribution in [0.4, 0.5) is 33.3 Å². The zero-order valence-corrected chi connectivity index (χ0v) is 24.0. The normalized spacial score (nSPS) is 15.0. The van der Waals surface area contributed by atoms with Crippen molar-refractivity contribution in [2.24, 2.45) is 0 Å². The summed E-state index contributed by atoms with van der Waals surface area (Å²) in [5.41, 5.74) is -2.40. The van der Waals surface area contributed by atoms with Gasteiger partial charge < -0.3 is 14.9 Å². The molecule has 6 rings (SSSR count). The quantitative estimate of drug-likeness (QED) is 0.238. The lowest BCUT2D eigenvalue weighted by Crippen LogP contribution is -2.48. The highest BCUT2D eigenvalue weighted by molar-refractivity contribution is 5.67. The number of pyridine rings is 1. The van der Waals surface area contributed by atoms with Crippen molar-refractivity contribution < 1.29 is 27.1 Å². The number of nitrogens with zero attached hydrogens (tertiary/aromatic N) is 8. The first-order valence-corrected chi connectivity index (χ1v) is 14.1. The number of piperazine rings is 1. The number of rotatable bonds is 8. The smallest absolute Gasteiger partial charge is 0.323 e. The Hall–Kier alpha value is -5.42. The molecule has 1 N–H and O–H groups in total. The molecule has 1 fully saturated rings. The molecule has 14 heteroatoms. The van der Waals surface area contributed by atoms with E-state index < -0.39 is 46.8 Å². The molecule has 1 atom stereocenters. The average molecular weight is 633 g/mol. The number of tetrazole rings is 1. The standard InChI is InChI=1S/C32H25F5N8O/c33-24-5-8-26(27(34)16-24)31(46,19-45-20-40-41-42-45)32(36,37)30-10-4-23(18-39-30)22-3-9-29(28(35)15-22)44-13-11-43(12-14-44)25-6-1-21(17-38)2-7-25/h1-10,15-16,18,20,46H,11-14,19H2/t31-/m0/s1. The van der Waals surface area contributed by atoms with Crippen molar-refractivity contribution in [2.75, 3.05) is 36.0 Å². The first kappa shape index (κ1) is 30.6. The summed E-state index contributed by atoms with van der Waals surface area (Å²) in [6.45, 7) is 1.43. The van der Waals surface area contributed by atoms with E-state index in [0.29, 0.717) is 54.6 Å². The number of aromatic nitrogens is 5. The van der Waals surface area contributed by atoms with Gasteiger partial charge in [-0.2, -0.15) is 14.0 Å². The number of benzene rings is 3. The van der Waals surface area contributed by atoms with E-state index in [0.717, 1.165) is 41.1 Å². The molecule has 3 heterocycles. The molecule has 1 aliphatic rings. The molecule has 0 radical (unpaired) electrons. The van der Waals surface area contributed by atoms with Crippen molar-refractivity contribution in [3.63, 3.8) is 0 Å². The van der Waals surface area contributed by atoms with Crippen LogP contribution in [0.15, 0.2) is 85.3 Å². The van der Waals surface area contributed by atoms with Gasteiger partial charge in [0.25, 0.3) is 0 Å². The third-order valence-corrected chi connectivity index (χ3v) is 8.03. The molecule has 0 aliphatic carbocycles. The number of alkyl halides is 2. The molecule has 1 aliphatic heterocycles. The van der Waals surface area contributed by atoms with Crippen LogP contribution >= 0.6 is 0 Å². The van der Waals surface area contributed by atoms with Crippen LogP contribution in [0.25, 0.3) is 11.1 Å². The van der Waals surface area contributed by atoms with Gasteiger partial charge in [0.05, 0.1) is 23.9 Å². The Morgan fingerprint density at radius 1 is 0.826 bits per heavy atom. The summed E-state index contributed by atoms with van der Waals surface area (Å²) in [6.07, 6.45) is 2.07. The predicted molar refractivity (Wildman–Crippen MR) is 157 cm³/mol. The summed E-state index contributed by atoms with van der Waals surface area (Å²) >= 11 is 0. The summed E-state index contributed by atoms with van der Waals surface area (Å²) in [7, 11) is 0. The van der Waals surface area contributed by atoms with E-state index in [4.69, 9.17) is 5.26 Å². The highest BCUT2D eigenvalue weighted by atomic mass is 19.3. The number of aliphatic hydroxyl groups is 1. The molecular formula is C32H25F5N8O. The Labute approximate surface area is 259 Å². The van der Waals surface area contributed by atoms with Crippen LogP contribution in [0.2, 0.25) is 0 Å². The van der Waals surface area contributed by atoms with Gasteiger partial charge in [0.15, 0.2) is 5.60 Å². The maximum atomic E-state index is 16.1. The van der Waals surface area contributed by atoms with Gasteiger partial charge in [-0.15, -0.1) is 5.10 Å². The van der Waals surface area contributed by atoms with Crippen molar-refractivity contribution in [2.45, 2.75) is 18.1 Å². The lowest BCUT2D eigenvalue weighted by molar-refractivity contribution is -0.207. The first-order chi connectivity index (χ1) is 22.1. The molecule has 0 unspecified atom stereocenters. The fourth-order valence-corrected chi connectivity index (χ4v) is 5.52. The molecule has 5 aromatic rings. The van der Waals surface area contributed by atoms with Crippen LogP contribution in [0.1, 0.15) is 16.8 Å². The molecule has 234 valence electrons. The first-order valence-electron chi connectivity index (χ1n) is 14.1. The van der Waals surface area contributed by atoms with Crippen molar-refractivity contribution >= 4 is 11.4 Å². The van der Waals surface area contributed by atoms with Crippen LogP contribution in [0, 0.1) is 28.8 Å². The van der Waals surface area contributed by atoms with Gasteiger partial charge in [0, 0.05) is 55.3 Å². The molecule has 3 aromatic carbocycles. The Morgan fingerprint density at radius 2 is 1.54 bits per heavy atom. The monoisotopic (exact) mass is 632 g/mol. The number of halogens is 5. The summed E-state index contributed by atoms with van der Waals surface area (Å²) in [5.74, 6) is -7.12. The van der Waals surface area contributed by atoms with Gasteiger partial charge in [-0.25, -0.2) is 17.9 Å². The maximum absolute atomic E-state index is 16.1. The lowest BCUT2D eigenvalue weighted by Gasteiger charge is -2.37. The summed E-state index contributed by atoms with van der Waals surface area (Å²) in [4.78, 5) is 7.93. The van der Waals surface area contributed by atoms with Crippen LogP contribution in [0.5, 0.6) is 0 Å². The van der Waals surface area contributed by atoms with Gasteiger partial charge in [0.2, 0.25) is 0 Å². The SMILES string of the molecule is N#Cc1ccc(N2CCN(c3ccc(-c4ccc(C(F)(F)[C@](O)(Cn5cnnn5)c5ccc(F)cc5F)nc4)cc3F)CC2)cc1. The van der Waals surface area contributed by atoms with Crippen LogP contribution in [-0.4, -0.2) is 56.5 Å². The highest BCUT2D eigenvalue weighted by Crippen LogP contribution is 2.47. The van der Waals surface area contributed by atoms with Crippen molar-refractivity contribution in [1.82, 2.24) is 25.2 Å². The second-order valence-electron chi connectivity index (χ2n) is 10.8. The van der Waals surface area contributed by atoms with Crippen molar-refractivity contribution in [3.8, 4) is 17.2 Å². The minimum atomic E-state index is -4.22. The van der Waals surface area contributed by atoms with E-state index in [9.17, 15) is 13.9 Å². The second-order valence-corrected chi connectivity index (χ2v) is 10.8. The molecule has 46 heavy (non-hydrogen) atoms. The van der Waals surface area contributed by atoms with E-state index in [1.54, 1.807) is 24.3 Å². The molecule has 0 saturated carbocycles. The highest BCUT2D eigenvalue weighted by Gasteiger charge is 2.58. The number of anilines is 2. The molecule has 0 bridgehead atoms. The van der Waals surface area contributed by atoms with Gasteiger partial charge in [-0.05, 0) is 70.6 Å². The van der Waals surface area contributed by atoms with Crippen LogP contribution in [-0.2, 0) is 18.1 Å². The van der Waals surface area contributed by atoms with E-state index in [-0.39, 0.29) is 0 Å². The zero-order valence-electron chi connectivity index (χ0n) is 24.0. The van der Waals surface area contributed by atoms with Crippen LogP contribution < -0.4 is 9.80 Å². The van der Waals surface area contributed by atoms with Gasteiger partial charge in [-0.3, -0.25) is 4.98 Å².